The number of hydrogen-bond donors (Lipinski definition) is 0. The smallest absolute Gasteiger partial charge is 0.0368 e. The molecule has 2 atom stereocenters. The first-order chi connectivity index (χ1) is 7.74. The van der Waals surface area contributed by atoms with Crippen LogP contribution < -0.4 is 4.90 Å². The molecule has 2 fully saturated rings. The summed E-state index contributed by atoms with van der Waals surface area (Å²) in [5.74, 6) is 0. The summed E-state index contributed by atoms with van der Waals surface area (Å²) in [6.45, 7) is 2.40. The van der Waals surface area contributed by atoms with E-state index in [4.69, 9.17) is 0 Å². The van der Waals surface area contributed by atoms with Gasteiger partial charge >= 0.3 is 0 Å². The summed E-state index contributed by atoms with van der Waals surface area (Å²) < 4.78 is 1.32. The maximum absolute atomic E-state index is 2.57. The predicted molar refractivity (Wildman–Crippen MR) is 75.9 cm³/mol. The van der Waals surface area contributed by atoms with Crippen molar-refractivity contribution in [2.24, 2.45) is 0 Å². The normalized spacial score (nSPS) is 29.8. The van der Waals surface area contributed by atoms with E-state index in [2.05, 4.69) is 63.7 Å². The molecule has 0 radical (unpaired) electrons. The fourth-order valence-corrected chi connectivity index (χ4v) is 3.34. The molecular weight excluding hydrogens is 311 g/mol. The van der Waals surface area contributed by atoms with Crippen LogP contribution in [0, 0.1) is 3.57 Å². The van der Waals surface area contributed by atoms with Crippen molar-refractivity contribution in [1.29, 1.82) is 0 Å². The zero-order valence-corrected chi connectivity index (χ0v) is 11.7. The first-order valence-corrected chi connectivity index (χ1v) is 7.04. The number of benzene rings is 1. The quantitative estimate of drug-likeness (QED) is 0.731. The number of hydrogen-bond acceptors (Lipinski definition) is 2. The molecule has 2 aliphatic heterocycles. The minimum absolute atomic E-state index is 0.776. The Balaban J connectivity index is 1.80. The topological polar surface area (TPSA) is 6.48 Å². The third-order valence-corrected chi connectivity index (χ3v) is 4.76. The number of fused-ring (bicyclic) bond motifs is 2. The summed E-state index contributed by atoms with van der Waals surface area (Å²) in [5, 5.41) is 0. The van der Waals surface area contributed by atoms with Crippen molar-refractivity contribution in [2.45, 2.75) is 24.9 Å². The Kier molecular flexibility index (Phi) is 2.83. The second kappa shape index (κ2) is 4.18. The average Bonchev–Trinajstić information content (AvgIpc) is 2.54. The van der Waals surface area contributed by atoms with Crippen molar-refractivity contribution in [3.05, 3.63) is 27.8 Å². The molecule has 86 valence electrons. The summed E-state index contributed by atoms with van der Waals surface area (Å²) >= 11 is 2.36. The van der Waals surface area contributed by atoms with Crippen LogP contribution in [-0.2, 0) is 0 Å². The zero-order valence-electron chi connectivity index (χ0n) is 9.56. The lowest BCUT2D eigenvalue weighted by Gasteiger charge is -2.40. The average molecular weight is 328 g/mol. The maximum Gasteiger partial charge on any atom is 0.0368 e. The molecule has 0 aliphatic carbocycles. The van der Waals surface area contributed by atoms with Crippen molar-refractivity contribution < 1.29 is 0 Å². The molecule has 0 spiro atoms. The first kappa shape index (κ1) is 10.8. The highest BCUT2D eigenvalue weighted by Gasteiger charge is 2.37. The van der Waals surface area contributed by atoms with Gasteiger partial charge in [-0.15, -0.1) is 0 Å². The summed E-state index contributed by atoms with van der Waals surface area (Å²) in [6, 6.07) is 10.5. The van der Waals surface area contributed by atoms with Gasteiger partial charge in [-0.1, -0.05) is 0 Å². The third kappa shape index (κ3) is 1.84. The minimum atomic E-state index is 0.776. The number of anilines is 1. The second-order valence-corrected chi connectivity index (χ2v) is 6.18. The zero-order chi connectivity index (χ0) is 11.1. The number of likely N-dealkylation sites (N-methyl/N-ethyl adjacent to an activating group) is 1. The fourth-order valence-electron chi connectivity index (χ4n) is 2.98. The van der Waals surface area contributed by atoms with Gasteiger partial charge in [-0.2, -0.15) is 0 Å². The van der Waals surface area contributed by atoms with Crippen LogP contribution in [-0.4, -0.2) is 37.1 Å². The number of rotatable bonds is 1. The van der Waals surface area contributed by atoms with Gasteiger partial charge in [-0.05, 0) is 66.7 Å². The lowest BCUT2D eigenvalue weighted by Crippen LogP contribution is -2.52. The monoisotopic (exact) mass is 328 g/mol. The van der Waals surface area contributed by atoms with Crippen LogP contribution in [0.1, 0.15) is 12.8 Å². The highest BCUT2D eigenvalue weighted by Crippen LogP contribution is 2.31. The van der Waals surface area contributed by atoms with Crippen molar-refractivity contribution in [1.82, 2.24) is 4.90 Å². The van der Waals surface area contributed by atoms with Crippen LogP contribution in [0.25, 0.3) is 0 Å². The molecule has 1 aromatic carbocycles. The van der Waals surface area contributed by atoms with Gasteiger partial charge in [0.25, 0.3) is 0 Å². The number of piperazine rings is 1. The second-order valence-electron chi connectivity index (χ2n) is 4.93. The summed E-state index contributed by atoms with van der Waals surface area (Å²) in [5.41, 5.74) is 1.39. The Morgan fingerprint density at radius 2 is 1.62 bits per heavy atom. The summed E-state index contributed by atoms with van der Waals surface area (Å²) in [7, 11) is 2.29. The maximum atomic E-state index is 2.57. The van der Waals surface area contributed by atoms with Gasteiger partial charge in [0, 0.05) is 34.4 Å². The van der Waals surface area contributed by atoms with Gasteiger partial charge in [0.05, 0.1) is 0 Å². The molecule has 2 saturated heterocycles. The van der Waals surface area contributed by atoms with Crippen molar-refractivity contribution in [3.8, 4) is 0 Å². The molecule has 0 aromatic heterocycles. The van der Waals surface area contributed by atoms with Gasteiger partial charge in [0.2, 0.25) is 0 Å². The molecule has 0 saturated carbocycles. The summed E-state index contributed by atoms with van der Waals surface area (Å²) in [4.78, 5) is 5.13. The van der Waals surface area contributed by atoms with Gasteiger partial charge in [0.15, 0.2) is 0 Å². The van der Waals surface area contributed by atoms with Crippen LogP contribution in [0.15, 0.2) is 24.3 Å². The first-order valence-electron chi connectivity index (χ1n) is 5.96. The van der Waals surface area contributed by atoms with E-state index >= 15 is 0 Å². The Bertz CT molecular complexity index is 362. The Morgan fingerprint density at radius 3 is 2.19 bits per heavy atom. The Hall–Kier alpha value is -0.290. The molecule has 2 bridgehead atoms. The van der Waals surface area contributed by atoms with Crippen LogP contribution in [0.4, 0.5) is 5.69 Å². The summed E-state index contributed by atoms with van der Waals surface area (Å²) in [6.07, 6.45) is 2.75. The SMILES string of the molecule is CN1C2CCC1CN(c1ccc(I)cc1)C2. The molecule has 2 unspecified atom stereocenters. The highest BCUT2D eigenvalue weighted by atomic mass is 127. The van der Waals surface area contributed by atoms with E-state index < -0.39 is 0 Å². The molecular formula is C13H17IN2. The van der Waals surface area contributed by atoms with E-state index in [1.807, 2.05) is 0 Å². The van der Waals surface area contributed by atoms with Crippen LogP contribution in [0.2, 0.25) is 0 Å². The molecule has 1 aromatic rings. The van der Waals surface area contributed by atoms with Crippen molar-refractivity contribution >= 4 is 28.3 Å². The fraction of sp³-hybridized carbons (Fsp3) is 0.538. The molecule has 2 nitrogen and oxygen atoms in total. The van der Waals surface area contributed by atoms with E-state index in [0.29, 0.717) is 0 Å². The Morgan fingerprint density at radius 1 is 1.06 bits per heavy atom. The van der Waals surface area contributed by atoms with E-state index in [1.54, 1.807) is 0 Å². The van der Waals surface area contributed by atoms with E-state index in [9.17, 15) is 0 Å². The molecule has 3 rings (SSSR count). The van der Waals surface area contributed by atoms with Gasteiger partial charge in [0.1, 0.15) is 0 Å². The van der Waals surface area contributed by atoms with E-state index in [1.165, 1.54) is 35.2 Å². The van der Waals surface area contributed by atoms with Gasteiger partial charge in [-0.25, -0.2) is 0 Å². The minimum Gasteiger partial charge on any atom is -0.368 e. The van der Waals surface area contributed by atoms with Crippen molar-refractivity contribution in [3.63, 3.8) is 0 Å². The molecule has 2 aliphatic rings. The molecule has 3 heteroatoms. The number of halogens is 1. The predicted octanol–water partition coefficient (Wildman–Crippen LogP) is 2.57. The standard InChI is InChI=1S/C13H17IN2/c1-15-12-6-7-13(15)9-16(8-12)11-4-2-10(14)3-5-11/h2-5,12-13H,6-9H2,1H3. The van der Waals surface area contributed by atoms with Gasteiger partial charge in [-0.3, -0.25) is 4.90 Å². The highest BCUT2D eigenvalue weighted by molar-refractivity contribution is 14.1. The molecule has 0 N–H and O–H groups in total. The molecule has 16 heavy (non-hydrogen) atoms. The van der Waals surface area contributed by atoms with Gasteiger partial charge < -0.3 is 4.90 Å². The van der Waals surface area contributed by atoms with Crippen LogP contribution in [0.5, 0.6) is 0 Å². The van der Waals surface area contributed by atoms with Crippen LogP contribution >= 0.6 is 22.6 Å². The molecule has 0 amide bonds. The van der Waals surface area contributed by atoms with E-state index in [0.717, 1.165) is 12.1 Å². The van der Waals surface area contributed by atoms with Crippen molar-refractivity contribution in [2.75, 3.05) is 25.0 Å². The third-order valence-electron chi connectivity index (χ3n) is 4.04. The lowest BCUT2D eigenvalue weighted by molar-refractivity contribution is 0.212. The lowest BCUT2D eigenvalue weighted by atomic mass is 10.2. The largest absolute Gasteiger partial charge is 0.368 e. The Labute approximate surface area is 111 Å². The van der Waals surface area contributed by atoms with Crippen LogP contribution in [0.3, 0.4) is 0 Å². The van der Waals surface area contributed by atoms with E-state index in [-0.39, 0.29) is 0 Å². The molecule has 2 heterocycles. The number of nitrogens with zero attached hydrogens (tertiary/aromatic N) is 2.